The van der Waals surface area contributed by atoms with Crippen LogP contribution in [0.2, 0.25) is 0 Å². The molecule has 0 aliphatic rings. The first-order chi connectivity index (χ1) is 9.15. The van der Waals surface area contributed by atoms with Gasteiger partial charge >= 0.3 is 0 Å². The Morgan fingerprint density at radius 3 is 2.53 bits per heavy atom. The zero-order valence-electron chi connectivity index (χ0n) is 10.5. The molecule has 5 heteroatoms. The van der Waals surface area contributed by atoms with E-state index in [0.29, 0.717) is 11.4 Å². The largest absolute Gasteiger partial charge is 0.326 e. The van der Waals surface area contributed by atoms with E-state index in [1.807, 2.05) is 18.2 Å². The number of hydrogen-bond donors (Lipinski definition) is 1. The van der Waals surface area contributed by atoms with Crippen LogP contribution >= 0.6 is 0 Å². The van der Waals surface area contributed by atoms with E-state index in [1.165, 1.54) is 6.92 Å². The quantitative estimate of drug-likeness (QED) is 0.931. The van der Waals surface area contributed by atoms with E-state index in [2.05, 4.69) is 10.3 Å². The summed E-state index contributed by atoms with van der Waals surface area (Å²) in [5, 5.41) is 2.67. The SMILES string of the molecule is CC(=O)Nc1ccc([S@](=O)Cc2ccccn2)cc1. The van der Waals surface area contributed by atoms with Crippen LogP contribution in [0, 0.1) is 0 Å². The predicted molar refractivity (Wildman–Crippen MR) is 75.1 cm³/mol. The van der Waals surface area contributed by atoms with E-state index in [1.54, 1.807) is 30.5 Å². The van der Waals surface area contributed by atoms with Crippen LogP contribution in [-0.2, 0) is 21.3 Å². The molecule has 19 heavy (non-hydrogen) atoms. The number of rotatable bonds is 4. The van der Waals surface area contributed by atoms with E-state index in [-0.39, 0.29) is 5.91 Å². The molecule has 0 radical (unpaired) electrons. The van der Waals surface area contributed by atoms with E-state index < -0.39 is 10.8 Å². The van der Waals surface area contributed by atoms with Crippen LogP contribution in [0.25, 0.3) is 0 Å². The molecular weight excluding hydrogens is 260 g/mol. The van der Waals surface area contributed by atoms with Crippen molar-refractivity contribution in [3.8, 4) is 0 Å². The highest BCUT2D eigenvalue weighted by atomic mass is 32.2. The number of aromatic nitrogens is 1. The van der Waals surface area contributed by atoms with Gasteiger partial charge in [0.1, 0.15) is 0 Å². The first-order valence-electron chi connectivity index (χ1n) is 5.81. The highest BCUT2D eigenvalue weighted by Gasteiger charge is 2.06. The van der Waals surface area contributed by atoms with Gasteiger partial charge in [0.2, 0.25) is 5.91 Å². The number of amides is 1. The molecule has 1 N–H and O–H groups in total. The van der Waals surface area contributed by atoms with Gasteiger partial charge in [0.05, 0.1) is 22.2 Å². The number of nitrogens with zero attached hydrogens (tertiary/aromatic N) is 1. The standard InChI is InChI=1S/C14H14N2O2S/c1-11(17)16-12-5-7-14(8-6-12)19(18)10-13-4-2-3-9-15-13/h2-9H,10H2,1H3,(H,16,17)/t19-/m1/s1. The Kier molecular flexibility index (Phi) is 4.41. The zero-order chi connectivity index (χ0) is 13.7. The Morgan fingerprint density at radius 2 is 1.95 bits per heavy atom. The Labute approximate surface area is 114 Å². The van der Waals surface area contributed by atoms with Crippen molar-refractivity contribution in [2.24, 2.45) is 0 Å². The summed E-state index contributed by atoms with van der Waals surface area (Å²) in [6.07, 6.45) is 1.69. The van der Waals surface area contributed by atoms with Gasteiger partial charge < -0.3 is 5.32 Å². The lowest BCUT2D eigenvalue weighted by atomic mass is 10.3. The van der Waals surface area contributed by atoms with Gasteiger partial charge in [0, 0.05) is 23.7 Å². The second-order valence-electron chi connectivity index (χ2n) is 4.02. The molecular formula is C14H14N2O2S. The third-order valence-corrected chi connectivity index (χ3v) is 3.80. The number of carbonyl (C=O) groups excluding carboxylic acids is 1. The molecule has 0 unspecified atom stereocenters. The molecule has 0 aliphatic heterocycles. The van der Waals surface area contributed by atoms with Gasteiger partial charge in [-0.15, -0.1) is 0 Å². The summed E-state index contributed by atoms with van der Waals surface area (Å²) in [7, 11) is -1.13. The monoisotopic (exact) mass is 274 g/mol. The number of hydrogen-bond acceptors (Lipinski definition) is 3. The van der Waals surface area contributed by atoms with Crippen molar-refractivity contribution in [1.82, 2.24) is 4.98 Å². The first-order valence-corrected chi connectivity index (χ1v) is 7.13. The highest BCUT2D eigenvalue weighted by Crippen LogP contribution is 2.15. The second-order valence-corrected chi connectivity index (χ2v) is 5.47. The van der Waals surface area contributed by atoms with Crippen molar-refractivity contribution in [2.75, 3.05) is 5.32 Å². The van der Waals surface area contributed by atoms with Gasteiger partial charge in [-0.3, -0.25) is 14.0 Å². The number of benzene rings is 1. The highest BCUT2D eigenvalue weighted by molar-refractivity contribution is 7.84. The molecule has 0 aliphatic carbocycles. The van der Waals surface area contributed by atoms with Crippen LogP contribution in [0.5, 0.6) is 0 Å². The van der Waals surface area contributed by atoms with Gasteiger partial charge in [0.25, 0.3) is 0 Å². The van der Waals surface area contributed by atoms with Crippen molar-refractivity contribution in [2.45, 2.75) is 17.6 Å². The summed E-state index contributed by atoms with van der Waals surface area (Å²) in [5.41, 5.74) is 1.50. The molecule has 0 fully saturated rings. The molecule has 98 valence electrons. The number of anilines is 1. The molecule has 1 heterocycles. The second kappa shape index (κ2) is 6.24. The zero-order valence-corrected chi connectivity index (χ0v) is 11.3. The third kappa shape index (κ3) is 3.99. The molecule has 0 bridgehead atoms. The maximum absolute atomic E-state index is 12.1. The minimum Gasteiger partial charge on any atom is -0.326 e. The topological polar surface area (TPSA) is 59.1 Å². The first kappa shape index (κ1) is 13.4. The van der Waals surface area contributed by atoms with E-state index >= 15 is 0 Å². The van der Waals surface area contributed by atoms with Gasteiger partial charge in [-0.25, -0.2) is 0 Å². The van der Waals surface area contributed by atoms with E-state index in [9.17, 15) is 9.00 Å². The van der Waals surface area contributed by atoms with Crippen LogP contribution in [0.15, 0.2) is 53.6 Å². The van der Waals surface area contributed by atoms with Gasteiger partial charge in [0.15, 0.2) is 0 Å². The van der Waals surface area contributed by atoms with Crippen LogP contribution in [0.1, 0.15) is 12.6 Å². The minimum atomic E-state index is -1.13. The summed E-state index contributed by atoms with van der Waals surface area (Å²) in [6.45, 7) is 1.45. The predicted octanol–water partition coefficient (Wildman–Crippen LogP) is 2.35. The minimum absolute atomic E-state index is 0.123. The molecule has 1 aromatic heterocycles. The molecule has 2 aromatic rings. The summed E-state index contributed by atoms with van der Waals surface area (Å²) in [6, 6.07) is 12.5. The van der Waals surface area contributed by atoms with E-state index in [0.717, 1.165) is 10.6 Å². The van der Waals surface area contributed by atoms with E-state index in [4.69, 9.17) is 0 Å². The molecule has 4 nitrogen and oxygen atoms in total. The van der Waals surface area contributed by atoms with Crippen LogP contribution < -0.4 is 5.32 Å². The Bertz CT molecular complexity index is 582. The Hall–Kier alpha value is -2.01. The average Bonchev–Trinajstić information content (AvgIpc) is 2.40. The molecule has 0 spiro atoms. The molecule has 0 saturated carbocycles. The van der Waals surface area contributed by atoms with Crippen LogP contribution in [-0.4, -0.2) is 15.1 Å². The number of pyridine rings is 1. The lowest BCUT2D eigenvalue weighted by Crippen LogP contribution is -2.05. The summed E-state index contributed by atoms with van der Waals surface area (Å²) in [4.78, 5) is 15.8. The lowest BCUT2D eigenvalue weighted by molar-refractivity contribution is -0.114. The van der Waals surface area contributed by atoms with Gasteiger partial charge in [-0.2, -0.15) is 0 Å². The van der Waals surface area contributed by atoms with Crippen LogP contribution in [0.4, 0.5) is 5.69 Å². The van der Waals surface area contributed by atoms with Crippen molar-refractivity contribution in [3.05, 3.63) is 54.4 Å². The van der Waals surface area contributed by atoms with Gasteiger partial charge in [-0.1, -0.05) is 6.07 Å². The smallest absolute Gasteiger partial charge is 0.221 e. The summed E-state index contributed by atoms with van der Waals surface area (Å²) >= 11 is 0. The van der Waals surface area contributed by atoms with Gasteiger partial charge in [-0.05, 0) is 36.4 Å². The summed E-state index contributed by atoms with van der Waals surface area (Å²) in [5.74, 6) is 0.266. The molecule has 0 saturated heterocycles. The molecule has 1 atom stereocenters. The van der Waals surface area contributed by atoms with Crippen molar-refractivity contribution >= 4 is 22.4 Å². The molecule has 1 amide bonds. The fraction of sp³-hybridized carbons (Fsp3) is 0.143. The number of carbonyl (C=O) groups is 1. The summed E-state index contributed by atoms with van der Waals surface area (Å²) < 4.78 is 12.1. The molecule has 1 aromatic carbocycles. The maximum Gasteiger partial charge on any atom is 0.221 e. The number of nitrogens with one attached hydrogen (secondary N) is 1. The Balaban J connectivity index is 2.05. The lowest BCUT2D eigenvalue weighted by Gasteiger charge is -2.04. The van der Waals surface area contributed by atoms with Crippen LogP contribution in [0.3, 0.4) is 0 Å². The fourth-order valence-electron chi connectivity index (χ4n) is 1.59. The molecule has 2 rings (SSSR count). The normalized spacial score (nSPS) is 11.8. The third-order valence-electron chi connectivity index (χ3n) is 2.44. The average molecular weight is 274 g/mol. The van der Waals surface area contributed by atoms with Crippen molar-refractivity contribution < 1.29 is 9.00 Å². The maximum atomic E-state index is 12.1. The fourth-order valence-corrected chi connectivity index (χ4v) is 2.64. The van der Waals surface area contributed by atoms with Crippen molar-refractivity contribution in [3.63, 3.8) is 0 Å². The van der Waals surface area contributed by atoms with Crippen molar-refractivity contribution in [1.29, 1.82) is 0 Å². The Morgan fingerprint density at radius 1 is 1.21 bits per heavy atom.